The molecule has 0 aliphatic heterocycles. The summed E-state index contributed by atoms with van der Waals surface area (Å²) < 4.78 is 24.6. The maximum absolute atomic E-state index is 11.9. The van der Waals surface area contributed by atoms with E-state index in [1.807, 2.05) is 30.3 Å². The molecule has 0 amide bonds. The van der Waals surface area contributed by atoms with Crippen LogP contribution in [0.25, 0.3) is 0 Å². The second kappa shape index (κ2) is 5.99. The quantitative estimate of drug-likeness (QED) is 0.688. The zero-order valence-corrected chi connectivity index (χ0v) is 12.2. The number of nitrogens with zero attached hydrogens (tertiary/aromatic N) is 1. The molecule has 2 aromatic rings. The Labute approximate surface area is 120 Å². The zero-order chi connectivity index (χ0) is 13.7. The summed E-state index contributed by atoms with van der Waals surface area (Å²) in [4.78, 5) is 2.34. The molecule has 0 aliphatic carbocycles. The van der Waals surface area contributed by atoms with Crippen molar-refractivity contribution in [3.8, 4) is 0 Å². The Morgan fingerprint density at radius 3 is 2.26 bits per heavy atom. The van der Waals surface area contributed by atoms with Gasteiger partial charge in [-0.15, -0.1) is 0 Å². The number of rotatable bonds is 4. The van der Waals surface area contributed by atoms with Gasteiger partial charge in [-0.2, -0.15) is 13.5 Å². The number of nitrogens with one attached hydrogen (secondary N) is 1. The second-order valence-electron chi connectivity index (χ2n) is 3.72. The van der Waals surface area contributed by atoms with Crippen LogP contribution in [0.1, 0.15) is 5.56 Å². The third-order valence-electron chi connectivity index (χ3n) is 2.31. The van der Waals surface area contributed by atoms with Crippen LogP contribution in [0.5, 0.6) is 0 Å². The summed E-state index contributed by atoms with van der Waals surface area (Å²) >= 11 is 3.25. The third kappa shape index (κ3) is 3.90. The Kier molecular flexibility index (Phi) is 4.34. The van der Waals surface area contributed by atoms with E-state index < -0.39 is 10.0 Å². The largest absolute Gasteiger partial charge is 0.276 e. The molecule has 0 aliphatic rings. The van der Waals surface area contributed by atoms with Gasteiger partial charge >= 0.3 is 0 Å². The van der Waals surface area contributed by atoms with Crippen LogP contribution in [0.15, 0.2) is 69.1 Å². The smallest absolute Gasteiger partial charge is 0.200 e. The van der Waals surface area contributed by atoms with Crippen molar-refractivity contribution in [2.75, 3.05) is 0 Å². The van der Waals surface area contributed by atoms with Gasteiger partial charge in [-0.3, -0.25) is 0 Å². The highest BCUT2D eigenvalue weighted by Gasteiger charge is 2.11. The van der Waals surface area contributed by atoms with Gasteiger partial charge in [0, 0.05) is 4.47 Å². The van der Waals surface area contributed by atoms with E-state index in [0.717, 1.165) is 10.0 Å². The summed E-state index contributed by atoms with van der Waals surface area (Å²) in [6.07, 6.45) is 1.45. The van der Waals surface area contributed by atoms with Gasteiger partial charge in [-0.05, 0) is 29.8 Å². The molecule has 0 bridgehead atoms. The molecule has 2 rings (SSSR count). The lowest BCUT2D eigenvalue weighted by molar-refractivity contribution is 0.584. The van der Waals surface area contributed by atoms with Gasteiger partial charge in [0.25, 0.3) is 10.0 Å². The van der Waals surface area contributed by atoms with Crippen LogP contribution in [0.4, 0.5) is 0 Å². The fourth-order valence-electron chi connectivity index (χ4n) is 1.38. The van der Waals surface area contributed by atoms with Gasteiger partial charge in [0.05, 0.1) is 11.1 Å². The van der Waals surface area contributed by atoms with Crippen LogP contribution >= 0.6 is 15.9 Å². The van der Waals surface area contributed by atoms with Crippen molar-refractivity contribution in [3.63, 3.8) is 0 Å². The first kappa shape index (κ1) is 13.8. The van der Waals surface area contributed by atoms with E-state index in [2.05, 4.69) is 25.9 Å². The Morgan fingerprint density at radius 1 is 1.00 bits per heavy atom. The highest BCUT2D eigenvalue weighted by molar-refractivity contribution is 9.10. The van der Waals surface area contributed by atoms with E-state index >= 15 is 0 Å². The summed E-state index contributed by atoms with van der Waals surface area (Å²) in [6.45, 7) is 0. The zero-order valence-electron chi connectivity index (χ0n) is 9.82. The van der Waals surface area contributed by atoms with Crippen LogP contribution in [0.3, 0.4) is 0 Å². The van der Waals surface area contributed by atoms with E-state index in [4.69, 9.17) is 0 Å². The van der Waals surface area contributed by atoms with Gasteiger partial charge in [0.2, 0.25) is 0 Å². The predicted molar refractivity (Wildman–Crippen MR) is 78.5 cm³/mol. The maximum Gasteiger partial charge on any atom is 0.276 e. The van der Waals surface area contributed by atoms with Crippen LogP contribution in [0, 0.1) is 0 Å². The average Bonchev–Trinajstić information content (AvgIpc) is 2.40. The molecule has 2 aromatic carbocycles. The number of halogens is 1. The minimum absolute atomic E-state index is 0.168. The second-order valence-corrected chi connectivity index (χ2v) is 6.29. The Balaban J connectivity index is 2.10. The topological polar surface area (TPSA) is 58.5 Å². The molecule has 0 aromatic heterocycles. The summed E-state index contributed by atoms with van der Waals surface area (Å²) in [7, 11) is -3.62. The first-order valence-electron chi connectivity index (χ1n) is 5.43. The Bertz CT molecular complexity index is 668. The van der Waals surface area contributed by atoms with Gasteiger partial charge in [-0.1, -0.05) is 46.3 Å². The molecule has 0 spiro atoms. The number of hydrogen-bond acceptors (Lipinski definition) is 3. The Morgan fingerprint density at radius 2 is 1.63 bits per heavy atom. The molecule has 4 nitrogen and oxygen atoms in total. The maximum atomic E-state index is 11.9. The molecule has 0 saturated heterocycles. The van der Waals surface area contributed by atoms with E-state index in [-0.39, 0.29) is 4.90 Å². The fourth-order valence-corrected chi connectivity index (χ4v) is 2.43. The van der Waals surface area contributed by atoms with Crippen molar-refractivity contribution in [1.82, 2.24) is 4.83 Å². The molecule has 0 heterocycles. The summed E-state index contributed by atoms with van der Waals surface area (Å²) in [5.41, 5.74) is 0.820. The van der Waals surface area contributed by atoms with Crippen molar-refractivity contribution in [1.29, 1.82) is 0 Å². The van der Waals surface area contributed by atoms with E-state index in [1.54, 1.807) is 12.1 Å². The molecule has 1 N–H and O–H groups in total. The molecule has 19 heavy (non-hydrogen) atoms. The van der Waals surface area contributed by atoms with Crippen LogP contribution in [0.2, 0.25) is 0 Å². The molecule has 0 atom stereocenters. The van der Waals surface area contributed by atoms with Crippen molar-refractivity contribution in [2.45, 2.75) is 4.90 Å². The minimum Gasteiger partial charge on any atom is -0.200 e. The van der Waals surface area contributed by atoms with Crippen molar-refractivity contribution < 1.29 is 8.42 Å². The molecular weight excluding hydrogens is 328 g/mol. The monoisotopic (exact) mass is 338 g/mol. The van der Waals surface area contributed by atoms with Gasteiger partial charge in [0.1, 0.15) is 0 Å². The molecular formula is C13H11BrN2O2S. The van der Waals surface area contributed by atoms with Crippen LogP contribution < -0.4 is 4.83 Å². The lowest BCUT2D eigenvalue weighted by Crippen LogP contribution is -2.18. The number of hydrazone groups is 1. The summed E-state index contributed by atoms with van der Waals surface area (Å²) in [5, 5.41) is 3.74. The third-order valence-corrected chi connectivity index (χ3v) is 4.08. The molecule has 0 unspecified atom stereocenters. The summed E-state index contributed by atoms with van der Waals surface area (Å²) in [5.74, 6) is 0. The minimum atomic E-state index is -3.62. The molecule has 0 saturated carbocycles. The predicted octanol–water partition coefficient (Wildman–Crippen LogP) is 2.76. The van der Waals surface area contributed by atoms with Gasteiger partial charge in [-0.25, -0.2) is 4.83 Å². The van der Waals surface area contributed by atoms with Crippen molar-refractivity contribution in [3.05, 3.63) is 64.6 Å². The van der Waals surface area contributed by atoms with Crippen molar-refractivity contribution >= 4 is 32.2 Å². The number of benzene rings is 2. The highest BCUT2D eigenvalue weighted by Crippen LogP contribution is 2.14. The first-order chi connectivity index (χ1) is 9.08. The van der Waals surface area contributed by atoms with E-state index in [1.165, 1.54) is 18.3 Å². The fraction of sp³-hybridized carbons (Fsp3) is 0. The van der Waals surface area contributed by atoms with Crippen LogP contribution in [-0.2, 0) is 10.0 Å². The highest BCUT2D eigenvalue weighted by atomic mass is 79.9. The first-order valence-corrected chi connectivity index (χ1v) is 7.71. The molecule has 6 heteroatoms. The normalized spacial score (nSPS) is 11.6. The number of sulfonamides is 1. The van der Waals surface area contributed by atoms with E-state index in [9.17, 15) is 8.42 Å². The average molecular weight is 339 g/mol. The van der Waals surface area contributed by atoms with Gasteiger partial charge < -0.3 is 0 Å². The lowest BCUT2D eigenvalue weighted by atomic mass is 10.2. The number of hydrogen-bond donors (Lipinski definition) is 1. The molecule has 0 radical (unpaired) electrons. The summed E-state index contributed by atoms with van der Waals surface area (Å²) in [6, 6.07) is 15.6. The van der Waals surface area contributed by atoms with Crippen molar-refractivity contribution in [2.24, 2.45) is 5.10 Å². The lowest BCUT2D eigenvalue weighted by Gasteiger charge is -2.02. The van der Waals surface area contributed by atoms with E-state index in [0.29, 0.717) is 0 Å². The molecule has 0 fully saturated rings. The van der Waals surface area contributed by atoms with Crippen LogP contribution in [-0.4, -0.2) is 14.6 Å². The van der Waals surface area contributed by atoms with Gasteiger partial charge in [0.15, 0.2) is 0 Å². The molecule has 98 valence electrons. The Hall–Kier alpha value is -1.66. The SMILES string of the molecule is O=S(=O)(N/N=C\c1ccccc1)c1ccc(Br)cc1. The standard InChI is InChI=1S/C13H11BrN2O2S/c14-12-6-8-13(9-7-12)19(17,18)16-15-10-11-4-2-1-3-5-11/h1-10,16H/b15-10-.